The van der Waals surface area contributed by atoms with E-state index in [2.05, 4.69) is 10.2 Å². The van der Waals surface area contributed by atoms with Crippen molar-refractivity contribution in [1.29, 1.82) is 0 Å². The van der Waals surface area contributed by atoms with Gasteiger partial charge in [0.1, 0.15) is 0 Å². The Morgan fingerprint density at radius 1 is 0.778 bits per heavy atom. The largest absolute Gasteiger partial charge is 0.493 e. The summed E-state index contributed by atoms with van der Waals surface area (Å²) in [5.41, 5.74) is 3.39. The maximum atomic E-state index is 13.4. The second-order valence-electron chi connectivity index (χ2n) is 14.0. The molecule has 6 aliphatic rings. The summed E-state index contributed by atoms with van der Waals surface area (Å²) < 4.78 is 23.5. The van der Waals surface area contributed by atoms with Gasteiger partial charge >= 0.3 is 0 Å². The van der Waals surface area contributed by atoms with Crippen LogP contribution in [0, 0.1) is 10.8 Å². The molecule has 10 heteroatoms. The Morgan fingerprint density at radius 3 is 2.09 bits per heavy atom. The van der Waals surface area contributed by atoms with Gasteiger partial charge in [-0.15, -0.1) is 0 Å². The minimum absolute atomic E-state index is 0.0291. The van der Waals surface area contributed by atoms with Crippen LogP contribution in [0.3, 0.4) is 0 Å². The first-order chi connectivity index (χ1) is 21.9. The van der Waals surface area contributed by atoms with E-state index in [1.807, 2.05) is 29.3 Å². The zero-order valence-corrected chi connectivity index (χ0v) is 26.2. The minimum atomic E-state index is 0.0291. The molecule has 2 aromatic carbocycles. The molecule has 238 valence electrons. The van der Waals surface area contributed by atoms with E-state index in [4.69, 9.17) is 23.9 Å². The normalized spacial score (nSPS) is 24.3. The summed E-state index contributed by atoms with van der Waals surface area (Å²) in [5, 5.41) is 3.51. The van der Waals surface area contributed by atoms with E-state index in [0.717, 1.165) is 57.4 Å². The first-order valence-corrected chi connectivity index (χ1v) is 16.5. The number of methoxy groups -OCH3 is 2. The molecule has 2 aliphatic carbocycles. The highest BCUT2D eigenvalue weighted by Crippen LogP contribution is 2.56. The summed E-state index contributed by atoms with van der Waals surface area (Å²) in [5.74, 6) is 2.49. The average molecular weight is 615 g/mol. The number of nitrogens with one attached hydrogen (secondary N) is 1. The molecule has 2 unspecified atom stereocenters. The Morgan fingerprint density at radius 2 is 1.40 bits per heavy atom. The highest BCUT2D eigenvalue weighted by Gasteiger charge is 2.54. The molecule has 10 nitrogen and oxygen atoms in total. The number of hydrogen-bond donors (Lipinski definition) is 1. The molecular formula is C35H42N4O6. The Hall–Kier alpha value is -3.95. The van der Waals surface area contributed by atoms with Crippen molar-refractivity contribution < 1.29 is 28.5 Å². The summed E-state index contributed by atoms with van der Waals surface area (Å²) in [6.07, 6.45) is 11.5. The fraction of sp³-hybridized carbons (Fsp3) is 0.571. The van der Waals surface area contributed by atoms with Gasteiger partial charge in [-0.25, -0.2) is 0 Å². The number of ether oxygens (including phenoxy) is 4. The van der Waals surface area contributed by atoms with Crippen LogP contribution in [0.1, 0.15) is 78.5 Å². The van der Waals surface area contributed by atoms with Crippen LogP contribution in [0.4, 0.5) is 11.4 Å². The van der Waals surface area contributed by atoms with E-state index in [1.165, 1.54) is 25.7 Å². The number of amides is 2. The quantitative estimate of drug-likeness (QED) is 0.355. The number of hydrogen-bond acceptors (Lipinski definition) is 8. The van der Waals surface area contributed by atoms with Crippen LogP contribution in [0.5, 0.6) is 23.0 Å². The van der Waals surface area contributed by atoms with Gasteiger partial charge in [-0.1, -0.05) is 0 Å². The average Bonchev–Trinajstić information content (AvgIpc) is 3.93. The fourth-order valence-corrected chi connectivity index (χ4v) is 7.82. The summed E-state index contributed by atoms with van der Waals surface area (Å²) in [6.45, 7) is 3.50. The van der Waals surface area contributed by atoms with Crippen LogP contribution in [0.2, 0.25) is 0 Å². The van der Waals surface area contributed by atoms with Gasteiger partial charge in [0.2, 0.25) is 0 Å². The third kappa shape index (κ3) is 5.16. The van der Waals surface area contributed by atoms with Crippen LogP contribution in [-0.4, -0.2) is 87.0 Å². The number of carbonyl (C=O) groups is 2. The molecule has 2 aromatic rings. The number of aliphatic imine (C=N–C) groups is 1. The van der Waals surface area contributed by atoms with Gasteiger partial charge < -0.3 is 34.1 Å². The molecule has 2 saturated heterocycles. The SMILES string of the molecule is COc1cc2c(cc1OCCCCCOc1cc3c(cc1OC)C(=O)N1CC4(CC4)CC1CN3)N=CC1CC3(CC3)CN1C2=O. The van der Waals surface area contributed by atoms with Crippen LogP contribution in [0.25, 0.3) is 0 Å². The number of fused-ring (bicyclic) bond motifs is 4. The Kier molecular flexibility index (Phi) is 6.87. The van der Waals surface area contributed by atoms with E-state index in [-0.39, 0.29) is 23.9 Å². The molecule has 2 amide bonds. The maximum Gasteiger partial charge on any atom is 0.256 e. The molecule has 2 saturated carbocycles. The van der Waals surface area contributed by atoms with Crippen molar-refractivity contribution in [2.75, 3.05) is 52.4 Å². The molecule has 0 radical (unpaired) electrons. The second-order valence-corrected chi connectivity index (χ2v) is 14.0. The highest BCUT2D eigenvalue weighted by atomic mass is 16.5. The van der Waals surface area contributed by atoms with E-state index >= 15 is 0 Å². The molecule has 2 atom stereocenters. The molecule has 0 bridgehead atoms. The van der Waals surface area contributed by atoms with Gasteiger partial charge in [0.25, 0.3) is 11.8 Å². The summed E-state index contributed by atoms with van der Waals surface area (Å²) in [4.78, 5) is 35.6. The maximum absolute atomic E-state index is 13.4. The van der Waals surface area contributed by atoms with E-state index in [9.17, 15) is 9.59 Å². The molecule has 8 rings (SSSR count). The molecule has 4 fully saturated rings. The van der Waals surface area contributed by atoms with Crippen molar-refractivity contribution in [3.63, 3.8) is 0 Å². The van der Waals surface area contributed by atoms with Gasteiger partial charge in [0, 0.05) is 44.0 Å². The molecule has 45 heavy (non-hydrogen) atoms. The summed E-state index contributed by atoms with van der Waals surface area (Å²) in [6, 6.07) is 7.67. The third-order valence-corrected chi connectivity index (χ3v) is 10.9. The van der Waals surface area contributed by atoms with Crippen molar-refractivity contribution in [1.82, 2.24) is 9.80 Å². The third-order valence-electron chi connectivity index (χ3n) is 10.9. The lowest BCUT2D eigenvalue weighted by Gasteiger charge is -2.21. The van der Waals surface area contributed by atoms with Gasteiger partial charge in [-0.3, -0.25) is 14.6 Å². The fourth-order valence-electron chi connectivity index (χ4n) is 7.82. The lowest BCUT2D eigenvalue weighted by Crippen LogP contribution is -2.37. The monoisotopic (exact) mass is 614 g/mol. The predicted octanol–water partition coefficient (Wildman–Crippen LogP) is 5.46. The second kappa shape index (κ2) is 10.8. The topological polar surface area (TPSA) is 102 Å². The number of rotatable bonds is 10. The standard InChI is InChI=1S/C35H42N4O6/c1-42-28-12-24-26(36-18-22-16-34(6-7-34)20-38(22)32(24)40)14-30(28)44-10-4-3-5-11-45-31-15-27-25(13-29(31)43-2)33(41)39-21-35(8-9-35)17-23(39)19-37-27/h12-15,18,22-23,37H,3-11,16-17,19-21H2,1-2H3. The van der Waals surface area contributed by atoms with Crippen LogP contribution < -0.4 is 24.3 Å². The Labute approximate surface area is 264 Å². The van der Waals surface area contributed by atoms with E-state index < -0.39 is 0 Å². The number of benzene rings is 2. The van der Waals surface area contributed by atoms with E-state index in [0.29, 0.717) is 63.9 Å². The van der Waals surface area contributed by atoms with Crippen LogP contribution in [0.15, 0.2) is 29.3 Å². The summed E-state index contributed by atoms with van der Waals surface area (Å²) >= 11 is 0. The zero-order valence-electron chi connectivity index (χ0n) is 26.2. The molecule has 4 aliphatic heterocycles. The molecule has 0 aromatic heterocycles. The van der Waals surface area contributed by atoms with Crippen molar-refractivity contribution in [2.45, 2.75) is 69.9 Å². The summed E-state index contributed by atoms with van der Waals surface area (Å²) in [7, 11) is 3.21. The predicted molar refractivity (Wildman–Crippen MR) is 170 cm³/mol. The molecule has 2 spiro atoms. The number of carbonyl (C=O) groups excluding carboxylic acids is 2. The minimum Gasteiger partial charge on any atom is -0.493 e. The molecule has 1 N–H and O–H groups in total. The van der Waals surface area contributed by atoms with Gasteiger partial charge in [0.15, 0.2) is 23.0 Å². The first kappa shape index (κ1) is 28.5. The molecular weight excluding hydrogens is 572 g/mol. The molecule has 4 heterocycles. The van der Waals surface area contributed by atoms with Crippen molar-refractivity contribution in [3.05, 3.63) is 35.4 Å². The Balaban J connectivity index is 0.842. The number of nitrogens with zero attached hydrogens (tertiary/aromatic N) is 3. The first-order valence-electron chi connectivity index (χ1n) is 16.5. The van der Waals surface area contributed by atoms with E-state index in [1.54, 1.807) is 20.3 Å². The number of unbranched alkanes of at least 4 members (excludes halogenated alkanes) is 2. The van der Waals surface area contributed by atoms with Gasteiger partial charge in [0.05, 0.1) is 56.0 Å². The highest BCUT2D eigenvalue weighted by molar-refractivity contribution is 6.04. The number of anilines is 1. The van der Waals surface area contributed by atoms with Crippen LogP contribution >= 0.6 is 0 Å². The van der Waals surface area contributed by atoms with Crippen molar-refractivity contribution >= 4 is 29.4 Å². The zero-order chi connectivity index (χ0) is 30.8. The lowest BCUT2D eigenvalue weighted by atomic mass is 10.0. The van der Waals surface area contributed by atoms with Crippen LogP contribution in [-0.2, 0) is 0 Å². The van der Waals surface area contributed by atoms with Gasteiger partial charge in [-0.05, 0) is 80.8 Å². The Bertz CT molecular complexity index is 1560. The lowest BCUT2D eigenvalue weighted by molar-refractivity contribution is 0.0741. The smallest absolute Gasteiger partial charge is 0.256 e. The van der Waals surface area contributed by atoms with Gasteiger partial charge in [-0.2, -0.15) is 0 Å². The van der Waals surface area contributed by atoms with Crippen molar-refractivity contribution in [3.8, 4) is 23.0 Å². The van der Waals surface area contributed by atoms with Crippen molar-refractivity contribution in [2.24, 2.45) is 15.8 Å².